The minimum Gasteiger partial charge on any atom is -0.495 e. The number of methoxy groups -OCH3 is 1. The predicted octanol–water partition coefficient (Wildman–Crippen LogP) is 2.10. The highest BCUT2D eigenvalue weighted by Crippen LogP contribution is 2.29. The number of aromatic nitrogens is 1. The van der Waals surface area contributed by atoms with Crippen LogP contribution in [0, 0.1) is 0 Å². The topological polar surface area (TPSA) is 60.9 Å². The second-order valence-electron chi connectivity index (χ2n) is 7.46. The van der Waals surface area contributed by atoms with Crippen molar-refractivity contribution in [3.63, 3.8) is 0 Å². The second kappa shape index (κ2) is 10.1. The molecule has 1 amide bonds. The minimum atomic E-state index is -0.113. The van der Waals surface area contributed by atoms with Crippen LogP contribution < -0.4 is 19.9 Å². The summed E-state index contributed by atoms with van der Waals surface area (Å²) in [6.45, 7) is 5.16. The molecule has 2 heterocycles. The maximum absolute atomic E-state index is 12.4. The van der Waals surface area contributed by atoms with Gasteiger partial charge in [0.25, 0.3) is 5.91 Å². The first kappa shape index (κ1) is 20.9. The molecule has 1 N–H and O–H groups in total. The monoisotopic (exact) mass is 397 g/mol. The lowest BCUT2D eigenvalue weighted by molar-refractivity contribution is 0.0947. The summed E-state index contributed by atoms with van der Waals surface area (Å²) >= 11 is 0. The number of nitrogens with one attached hydrogen (secondary N) is 1. The van der Waals surface area contributed by atoms with Gasteiger partial charge in [0, 0.05) is 44.6 Å². The Balaban J connectivity index is 1.57. The number of carbonyl (C=O) groups excluding carboxylic acids is 1. The van der Waals surface area contributed by atoms with E-state index in [2.05, 4.69) is 31.1 Å². The van der Waals surface area contributed by atoms with Crippen molar-refractivity contribution in [3.05, 3.63) is 48.3 Å². The van der Waals surface area contributed by atoms with E-state index in [9.17, 15) is 4.79 Å². The molecule has 7 nitrogen and oxygen atoms in total. The summed E-state index contributed by atoms with van der Waals surface area (Å²) < 4.78 is 5.49. The molecule has 2 aromatic rings. The number of hydrogen-bond donors (Lipinski definition) is 1. The number of benzene rings is 1. The van der Waals surface area contributed by atoms with E-state index < -0.39 is 0 Å². The normalized spacial score (nSPS) is 14.2. The third kappa shape index (κ3) is 5.60. The molecule has 0 saturated carbocycles. The second-order valence-corrected chi connectivity index (χ2v) is 7.46. The maximum atomic E-state index is 12.4. The summed E-state index contributed by atoms with van der Waals surface area (Å²) in [4.78, 5) is 23.4. The Kier molecular flexibility index (Phi) is 7.30. The van der Waals surface area contributed by atoms with E-state index in [0.29, 0.717) is 12.2 Å². The van der Waals surface area contributed by atoms with Crippen LogP contribution in [0.4, 0.5) is 11.4 Å². The summed E-state index contributed by atoms with van der Waals surface area (Å²) in [7, 11) is 5.76. The summed E-state index contributed by atoms with van der Waals surface area (Å²) in [5, 5.41) is 2.96. The molecule has 0 bridgehead atoms. The van der Waals surface area contributed by atoms with Gasteiger partial charge in [-0.1, -0.05) is 12.1 Å². The van der Waals surface area contributed by atoms with E-state index in [0.717, 1.165) is 56.3 Å². The van der Waals surface area contributed by atoms with E-state index in [-0.39, 0.29) is 5.91 Å². The lowest BCUT2D eigenvalue weighted by Gasteiger charge is -2.37. The summed E-state index contributed by atoms with van der Waals surface area (Å²) in [6, 6.07) is 12.0. The van der Waals surface area contributed by atoms with Crippen LogP contribution in [0.1, 0.15) is 16.9 Å². The number of carbonyl (C=O) groups is 1. The van der Waals surface area contributed by atoms with Gasteiger partial charge in [0.15, 0.2) is 0 Å². The molecule has 0 atom stereocenters. The van der Waals surface area contributed by atoms with Crippen LogP contribution in [-0.2, 0) is 0 Å². The Morgan fingerprint density at radius 3 is 2.59 bits per heavy atom. The fraction of sp³-hybridized carbons (Fsp3) is 0.455. The lowest BCUT2D eigenvalue weighted by Crippen LogP contribution is -2.46. The predicted molar refractivity (Wildman–Crippen MR) is 117 cm³/mol. The molecule has 0 unspecified atom stereocenters. The van der Waals surface area contributed by atoms with E-state index >= 15 is 0 Å². The van der Waals surface area contributed by atoms with Crippen LogP contribution in [0.2, 0.25) is 0 Å². The van der Waals surface area contributed by atoms with Gasteiger partial charge < -0.3 is 24.8 Å². The Morgan fingerprint density at radius 1 is 1.14 bits per heavy atom. The van der Waals surface area contributed by atoms with Gasteiger partial charge >= 0.3 is 0 Å². The molecule has 1 aliphatic heterocycles. The number of para-hydroxylation sites is 2. The first-order valence-electron chi connectivity index (χ1n) is 10.1. The molecule has 0 spiro atoms. The van der Waals surface area contributed by atoms with Crippen LogP contribution in [0.3, 0.4) is 0 Å². The molecule has 1 aromatic heterocycles. The van der Waals surface area contributed by atoms with Crippen LogP contribution >= 0.6 is 0 Å². The molecular formula is C22H31N5O2. The average molecular weight is 398 g/mol. The van der Waals surface area contributed by atoms with Crippen molar-refractivity contribution in [2.24, 2.45) is 0 Å². The number of piperazine rings is 1. The van der Waals surface area contributed by atoms with E-state index in [1.54, 1.807) is 13.3 Å². The number of hydrogen-bond acceptors (Lipinski definition) is 6. The lowest BCUT2D eigenvalue weighted by atomic mass is 10.2. The van der Waals surface area contributed by atoms with Gasteiger partial charge in [0.05, 0.1) is 12.8 Å². The molecule has 0 aliphatic carbocycles. The third-order valence-electron chi connectivity index (χ3n) is 5.11. The fourth-order valence-corrected chi connectivity index (χ4v) is 3.52. The van der Waals surface area contributed by atoms with Crippen molar-refractivity contribution in [3.8, 4) is 5.75 Å². The molecule has 29 heavy (non-hydrogen) atoms. The molecule has 156 valence electrons. The van der Waals surface area contributed by atoms with Crippen molar-refractivity contribution in [1.82, 2.24) is 15.2 Å². The van der Waals surface area contributed by atoms with Crippen LogP contribution in [0.15, 0.2) is 42.6 Å². The first-order chi connectivity index (χ1) is 14.1. The largest absolute Gasteiger partial charge is 0.495 e. The first-order valence-corrected chi connectivity index (χ1v) is 10.1. The zero-order chi connectivity index (χ0) is 20.6. The number of ether oxygens (including phenoxy) is 1. The summed E-state index contributed by atoms with van der Waals surface area (Å²) in [5.74, 6) is 0.788. The standard InChI is InChI=1S/C22H31N5O2/c1-25(2)12-6-10-24-22(28)19-17-18(9-11-23-19)26-13-15-27(16-14-26)20-7-4-5-8-21(20)29-3/h4-5,7-9,11,17H,6,10,12-16H2,1-3H3,(H,24,28). The van der Waals surface area contributed by atoms with Gasteiger partial charge in [0.2, 0.25) is 0 Å². The number of amides is 1. The molecule has 1 aromatic carbocycles. The van der Waals surface area contributed by atoms with E-state index in [1.165, 1.54) is 0 Å². The highest BCUT2D eigenvalue weighted by atomic mass is 16.5. The van der Waals surface area contributed by atoms with E-state index in [1.807, 2.05) is 44.4 Å². The Bertz CT molecular complexity index is 803. The summed E-state index contributed by atoms with van der Waals surface area (Å²) in [5.41, 5.74) is 2.64. The minimum absolute atomic E-state index is 0.113. The van der Waals surface area contributed by atoms with Gasteiger partial charge in [-0.3, -0.25) is 9.78 Å². The Morgan fingerprint density at radius 2 is 1.86 bits per heavy atom. The van der Waals surface area contributed by atoms with Crippen LogP contribution in [0.25, 0.3) is 0 Å². The van der Waals surface area contributed by atoms with Gasteiger partial charge in [-0.05, 0) is 51.3 Å². The molecular weight excluding hydrogens is 366 g/mol. The molecule has 1 aliphatic rings. The smallest absolute Gasteiger partial charge is 0.269 e. The zero-order valence-electron chi connectivity index (χ0n) is 17.6. The van der Waals surface area contributed by atoms with Crippen LogP contribution in [-0.4, -0.2) is 76.3 Å². The SMILES string of the molecule is COc1ccccc1N1CCN(c2ccnc(C(=O)NCCCN(C)C)c2)CC1. The summed E-state index contributed by atoms with van der Waals surface area (Å²) in [6.07, 6.45) is 2.64. The van der Waals surface area contributed by atoms with Gasteiger partial charge in [0.1, 0.15) is 11.4 Å². The molecule has 0 radical (unpaired) electrons. The fourth-order valence-electron chi connectivity index (χ4n) is 3.52. The maximum Gasteiger partial charge on any atom is 0.269 e. The number of nitrogens with zero attached hydrogens (tertiary/aromatic N) is 4. The van der Waals surface area contributed by atoms with Crippen LogP contribution in [0.5, 0.6) is 5.75 Å². The van der Waals surface area contributed by atoms with Crippen molar-refractivity contribution in [2.45, 2.75) is 6.42 Å². The van der Waals surface area contributed by atoms with Gasteiger partial charge in [-0.15, -0.1) is 0 Å². The highest BCUT2D eigenvalue weighted by Gasteiger charge is 2.20. The molecule has 1 fully saturated rings. The van der Waals surface area contributed by atoms with Gasteiger partial charge in [-0.25, -0.2) is 0 Å². The number of pyridine rings is 1. The Hall–Kier alpha value is -2.80. The molecule has 7 heteroatoms. The number of anilines is 2. The van der Waals surface area contributed by atoms with Gasteiger partial charge in [-0.2, -0.15) is 0 Å². The van der Waals surface area contributed by atoms with E-state index in [4.69, 9.17) is 4.74 Å². The molecule has 1 saturated heterocycles. The average Bonchev–Trinajstić information content (AvgIpc) is 2.76. The van der Waals surface area contributed by atoms with Crippen molar-refractivity contribution >= 4 is 17.3 Å². The third-order valence-corrected chi connectivity index (χ3v) is 5.11. The Labute approximate surface area is 173 Å². The quantitative estimate of drug-likeness (QED) is 0.689. The van der Waals surface area contributed by atoms with Crippen molar-refractivity contribution < 1.29 is 9.53 Å². The molecule has 3 rings (SSSR count). The highest BCUT2D eigenvalue weighted by molar-refractivity contribution is 5.93. The zero-order valence-corrected chi connectivity index (χ0v) is 17.6. The van der Waals surface area contributed by atoms with Crippen molar-refractivity contribution in [2.75, 3.05) is 70.3 Å². The van der Waals surface area contributed by atoms with Crippen molar-refractivity contribution in [1.29, 1.82) is 0 Å². The number of rotatable bonds is 8.